The summed E-state index contributed by atoms with van der Waals surface area (Å²) >= 11 is 0. The lowest BCUT2D eigenvalue weighted by atomic mass is 10.2. The highest BCUT2D eigenvalue weighted by Gasteiger charge is 2.06. The average molecular weight is 276 g/mol. The van der Waals surface area contributed by atoms with E-state index >= 15 is 0 Å². The lowest BCUT2D eigenvalue weighted by Crippen LogP contribution is -2.29. The first-order chi connectivity index (χ1) is 9.56. The van der Waals surface area contributed by atoms with Crippen LogP contribution in [-0.2, 0) is 4.79 Å². The number of carboxylic acid groups (broad SMARTS) is 1. The summed E-state index contributed by atoms with van der Waals surface area (Å²) in [4.78, 5) is 22.0. The number of benzene rings is 1. The zero-order chi connectivity index (χ0) is 14.5. The maximum absolute atomic E-state index is 11.6. The summed E-state index contributed by atoms with van der Waals surface area (Å²) in [7, 11) is 0. The smallest absolute Gasteiger partial charge is 0.319 e. The van der Waals surface area contributed by atoms with Crippen LogP contribution in [0.15, 0.2) is 28.9 Å². The van der Waals surface area contributed by atoms with Crippen molar-refractivity contribution in [1.82, 2.24) is 5.32 Å². The number of hydrogen-bond donors (Lipinski definition) is 3. The van der Waals surface area contributed by atoms with Gasteiger partial charge in [0.05, 0.1) is 6.26 Å². The van der Waals surface area contributed by atoms with Crippen molar-refractivity contribution in [3.8, 4) is 0 Å². The number of rotatable bonds is 5. The van der Waals surface area contributed by atoms with Gasteiger partial charge in [0.25, 0.3) is 0 Å². The Hall–Kier alpha value is -2.50. The highest BCUT2D eigenvalue weighted by molar-refractivity contribution is 5.93. The predicted octanol–water partition coefficient (Wildman–Crippen LogP) is 2.73. The van der Waals surface area contributed by atoms with Gasteiger partial charge in [-0.3, -0.25) is 4.79 Å². The van der Waals surface area contributed by atoms with Gasteiger partial charge in [0.2, 0.25) is 0 Å². The first kappa shape index (κ1) is 13.9. The van der Waals surface area contributed by atoms with E-state index in [-0.39, 0.29) is 12.5 Å². The van der Waals surface area contributed by atoms with Gasteiger partial charge < -0.3 is 20.2 Å². The molecule has 2 aromatic rings. The lowest BCUT2D eigenvalue weighted by Gasteiger charge is -2.07. The summed E-state index contributed by atoms with van der Waals surface area (Å²) in [6, 6.07) is 5.03. The molecule has 0 saturated heterocycles. The number of hydrogen-bond acceptors (Lipinski definition) is 3. The molecule has 106 valence electrons. The van der Waals surface area contributed by atoms with E-state index in [0.29, 0.717) is 18.7 Å². The van der Waals surface area contributed by atoms with E-state index in [0.717, 1.165) is 16.5 Å². The second-order valence-electron chi connectivity index (χ2n) is 4.51. The van der Waals surface area contributed by atoms with E-state index in [9.17, 15) is 9.59 Å². The zero-order valence-electron chi connectivity index (χ0n) is 11.1. The van der Waals surface area contributed by atoms with Crippen molar-refractivity contribution >= 4 is 28.7 Å². The van der Waals surface area contributed by atoms with Gasteiger partial charge in [-0.15, -0.1) is 0 Å². The van der Waals surface area contributed by atoms with Crippen LogP contribution >= 0.6 is 0 Å². The number of carboxylic acids is 1. The fourth-order valence-corrected chi connectivity index (χ4v) is 1.85. The molecule has 1 aromatic heterocycles. The third-order valence-electron chi connectivity index (χ3n) is 2.88. The molecule has 0 aliphatic rings. The van der Waals surface area contributed by atoms with Gasteiger partial charge in [0.15, 0.2) is 0 Å². The van der Waals surface area contributed by atoms with Crippen LogP contribution in [0.4, 0.5) is 10.5 Å². The van der Waals surface area contributed by atoms with Crippen molar-refractivity contribution in [2.24, 2.45) is 0 Å². The molecule has 6 heteroatoms. The molecule has 0 fully saturated rings. The van der Waals surface area contributed by atoms with Crippen molar-refractivity contribution in [1.29, 1.82) is 0 Å². The van der Waals surface area contributed by atoms with Gasteiger partial charge >= 0.3 is 12.0 Å². The fourth-order valence-electron chi connectivity index (χ4n) is 1.85. The monoisotopic (exact) mass is 276 g/mol. The van der Waals surface area contributed by atoms with Crippen LogP contribution in [0, 0.1) is 6.92 Å². The minimum absolute atomic E-state index is 0.0421. The molecule has 0 bridgehead atoms. The SMILES string of the molecule is Cc1coc2ccc(NC(=O)NCCCC(=O)O)cc12. The van der Waals surface area contributed by atoms with Gasteiger partial charge in [0.1, 0.15) is 5.58 Å². The molecule has 3 N–H and O–H groups in total. The largest absolute Gasteiger partial charge is 0.481 e. The van der Waals surface area contributed by atoms with Gasteiger partial charge in [-0.05, 0) is 37.1 Å². The van der Waals surface area contributed by atoms with Crippen LogP contribution in [0.1, 0.15) is 18.4 Å². The third-order valence-corrected chi connectivity index (χ3v) is 2.88. The minimum Gasteiger partial charge on any atom is -0.481 e. The maximum atomic E-state index is 11.6. The Kier molecular flexibility index (Phi) is 4.24. The van der Waals surface area contributed by atoms with E-state index in [2.05, 4.69) is 10.6 Å². The summed E-state index contributed by atoms with van der Waals surface area (Å²) < 4.78 is 5.33. The van der Waals surface area contributed by atoms with Crippen LogP contribution in [0.2, 0.25) is 0 Å². The number of aliphatic carboxylic acids is 1. The number of urea groups is 1. The van der Waals surface area contributed by atoms with Gasteiger partial charge in [-0.2, -0.15) is 0 Å². The number of nitrogens with one attached hydrogen (secondary N) is 2. The second kappa shape index (κ2) is 6.10. The number of fused-ring (bicyclic) bond motifs is 1. The van der Waals surface area contributed by atoms with Crippen molar-refractivity contribution in [3.63, 3.8) is 0 Å². The number of aryl methyl sites for hydroxylation is 1. The molecule has 0 radical (unpaired) electrons. The van der Waals surface area contributed by atoms with Crippen molar-refractivity contribution in [2.45, 2.75) is 19.8 Å². The van der Waals surface area contributed by atoms with Gasteiger partial charge in [-0.25, -0.2) is 4.79 Å². The highest BCUT2D eigenvalue weighted by Crippen LogP contribution is 2.23. The summed E-state index contributed by atoms with van der Waals surface area (Å²) in [6.07, 6.45) is 2.11. The number of carbonyl (C=O) groups excluding carboxylic acids is 1. The van der Waals surface area contributed by atoms with E-state index in [1.807, 2.05) is 13.0 Å². The topological polar surface area (TPSA) is 91.6 Å². The van der Waals surface area contributed by atoms with Crippen molar-refractivity contribution in [3.05, 3.63) is 30.0 Å². The Balaban J connectivity index is 1.89. The highest BCUT2D eigenvalue weighted by atomic mass is 16.4. The summed E-state index contributed by atoms with van der Waals surface area (Å²) in [5.74, 6) is -0.868. The Labute approximate surface area is 115 Å². The summed E-state index contributed by atoms with van der Waals surface area (Å²) in [6.45, 7) is 2.26. The number of anilines is 1. The molecule has 0 atom stereocenters. The van der Waals surface area contributed by atoms with Crippen molar-refractivity contribution < 1.29 is 19.1 Å². The molecule has 2 amide bonds. The molecular weight excluding hydrogens is 260 g/mol. The van der Waals surface area contributed by atoms with Gasteiger partial charge in [0, 0.05) is 24.0 Å². The predicted molar refractivity (Wildman–Crippen MR) is 74.8 cm³/mol. The minimum atomic E-state index is -0.868. The lowest BCUT2D eigenvalue weighted by molar-refractivity contribution is -0.137. The molecule has 2 rings (SSSR count). The van der Waals surface area contributed by atoms with Gasteiger partial charge in [-0.1, -0.05) is 0 Å². The normalized spacial score (nSPS) is 10.4. The van der Waals surface area contributed by atoms with E-state index in [4.69, 9.17) is 9.52 Å². The van der Waals surface area contributed by atoms with Crippen molar-refractivity contribution in [2.75, 3.05) is 11.9 Å². The zero-order valence-corrected chi connectivity index (χ0v) is 11.1. The van der Waals surface area contributed by atoms with E-state index in [1.165, 1.54) is 0 Å². The number of furan rings is 1. The molecule has 1 heterocycles. The molecule has 1 aromatic carbocycles. The first-order valence-electron chi connectivity index (χ1n) is 6.31. The summed E-state index contributed by atoms with van der Waals surface area (Å²) in [5, 5.41) is 14.7. The third kappa shape index (κ3) is 3.50. The maximum Gasteiger partial charge on any atom is 0.319 e. The molecular formula is C14H16N2O4. The molecule has 0 spiro atoms. The number of carbonyl (C=O) groups is 2. The Bertz CT molecular complexity index is 633. The molecule has 0 saturated carbocycles. The average Bonchev–Trinajstić information content (AvgIpc) is 2.76. The van der Waals surface area contributed by atoms with Crippen LogP contribution in [0.3, 0.4) is 0 Å². The van der Waals surface area contributed by atoms with Crippen LogP contribution in [0.25, 0.3) is 11.0 Å². The van der Waals surface area contributed by atoms with E-state index in [1.54, 1.807) is 18.4 Å². The van der Waals surface area contributed by atoms with Crippen LogP contribution in [0.5, 0.6) is 0 Å². The molecule has 6 nitrogen and oxygen atoms in total. The second-order valence-corrected chi connectivity index (χ2v) is 4.51. The fraction of sp³-hybridized carbons (Fsp3) is 0.286. The Morgan fingerprint density at radius 2 is 2.15 bits per heavy atom. The van der Waals surface area contributed by atoms with E-state index < -0.39 is 5.97 Å². The van der Waals surface area contributed by atoms with Crippen LogP contribution in [-0.4, -0.2) is 23.7 Å². The molecule has 0 aliphatic carbocycles. The quantitative estimate of drug-likeness (QED) is 0.732. The standard InChI is InChI=1S/C14H16N2O4/c1-9-8-20-12-5-4-10(7-11(9)12)16-14(19)15-6-2-3-13(17)18/h4-5,7-8H,2-3,6H2,1H3,(H,17,18)(H2,15,16,19). The molecule has 0 aliphatic heterocycles. The Morgan fingerprint density at radius 1 is 1.35 bits per heavy atom. The molecule has 20 heavy (non-hydrogen) atoms. The summed E-state index contributed by atoms with van der Waals surface area (Å²) in [5.41, 5.74) is 2.44. The number of amides is 2. The first-order valence-corrected chi connectivity index (χ1v) is 6.31. The molecule has 0 unspecified atom stereocenters. The Morgan fingerprint density at radius 3 is 2.90 bits per heavy atom. The van der Waals surface area contributed by atoms with Crippen LogP contribution < -0.4 is 10.6 Å².